The first-order chi connectivity index (χ1) is 10.2. The molecule has 2 rings (SSSR count). The summed E-state index contributed by atoms with van der Waals surface area (Å²) in [6.45, 7) is 7.55. The fourth-order valence-corrected chi connectivity index (χ4v) is 3.33. The molecule has 1 fully saturated rings. The van der Waals surface area contributed by atoms with Crippen LogP contribution >= 0.6 is 0 Å². The van der Waals surface area contributed by atoms with Crippen LogP contribution in [0.15, 0.2) is 24.3 Å². The normalized spacial score (nSPS) is 19.2. The molecular weight excluding hydrogens is 258 g/mol. The molecule has 1 unspecified atom stereocenters. The maximum atomic E-state index is 5.65. The maximum Gasteiger partial charge on any atom is 0.119 e. The third kappa shape index (κ3) is 5.03. The Kier molecular flexibility index (Phi) is 6.56. The van der Waals surface area contributed by atoms with Crippen molar-refractivity contribution in [3.05, 3.63) is 29.8 Å². The van der Waals surface area contributed by atoms with Crippen LogP contribution in [0.5, 0.6) is 5.75 Å². The van der Waals surface area contributed by atoms with Crippen molar-refractivity contribution in [3.63, 3.8) is 0 Å². The number of ether oxygens (including phenoxy) is 1. The molecule has 1 aromatic rings. The van der Waals surface area contributed by atoms with E-state index in [1.54, 1.807) is 0 Å². The van der Waals surface area contributed by atoms with Gasteiger partial charge in [-0.05, 0) is 56.7 Å². The molecule has 0 bridgehead atoms. The molecule has 0 saturated heterocycles. The summed E-state index contributed by atoms with van der Waals surface area (Å²) < 4.78 is 5.65. The van der Waals surface area contributed by atoms with Gasteiger partial charge in [0.25, 0.3) is 0 Å². The van der Waals surface area contributed by atoms with Crippen LogP contribution in [0.25, 0.3) is 0 Å². The number of nitrogens with one attached hydrogen (secondary N) is 1. The zero-order valence-corrected chi connectivity index (χ0v) is 13.9. The van der Waals surface area contributed by atoms with Crippen LogP contribution < -0.4 is 10.1 Å². The minimum atomic E-state index is 0.405. The highest BCUT2D eigenvalue weighted by Crippen LogP contribution is 2.28. The van der Waals surface area contributed by atoms with Crippen LogP contribution in [-0.2, 0) is 0 Å². The van der Waals surface area contributed by atoms with E-state index >= 15 is 0 Å². The highest BCUT2D eigenvalue weighted by Gasteiger charge is 2.21. The van der Waals surface area contributed by atoms with Crippen LogP contribution in [0, 0.1) is 5.92 Å². The SMILES string of the molecule is CCCOc1ccc(C(C)N[C@H](C)C2CCCCC2)cc1. The highest BCUT2D eigenvalue weighted by atomic mass is 16.5. The Morgan fingerprint density at radius 2 is 1.76 bits per heavy atom. The summed E-state index contributed by atoms with van der Waals surface area (Å²) in [6, 6.07) is 9.58. The fraction of sp³-hybridized carbons (Fsp3) is 0.684. The lowest BCUT2D eigenvalue weighted by molar-refractivity contribution is 0.268. The Bertz CT molecular complexity index is 395. The molecular formula is C19H31NO. The lowest BCUT2D eigenvalue weighted by Crippen LogP contribution is -2.36. The topological polar surface area (TPSA) is 21.3 Å². The molecule has 0 heterocycles. The summed E-state index contributed by atoms with van der Waals surface area (Å²) in [5, 5.41) is 3.79. The van der Waals surface area contributed by atoms with Gasteiger partial charge in [0.1, 0.15) is 5.75 Å². The van der Waals surface area contributed by atoms with Gasteiger partial charge in [0, 0.05) is 12.1 Å². The predicted octanol–water partition coefficient (Wildman–Crippen LogP) is 5.09. The molecule has 0 amide bonds. The van der Waals surface area contributed by atoms with Crippen LogP contribution in [0.1, 0.15) is 70.9 Å². The minimum Gasteiger partial charge on any atom is -0.494 e. The monoisotopic (exact) mass is 289 g/mol. The van der Waals surface area contributed by atoms with Crippen molar-refractivity contribution in [3.8, 4) is 5.75 Å². The van der Waals surface area contributed by atoms with E-state index in [9.17, 15) is 0 Å². The molecule has 1 aromatic carbocycles. The Morgan fingerprint density at radius 1 is 1.10 bits per heavy atom. The van der Waals surface area contributed by atoms with Gasteiger partial charge >= 0.3 is 0 Å². The highest BCUT2D eigenvalue weighted by molar-refractivity contribution is 5.29. The molecule has 1 aliphatic rings. The lowest BCUT2D eigenvalue weighted by Gasteiger charge is -2.30. The molecule has 2 nitrogen and oxygen atoms in total. The van der Waals surface area contributed by atoms with E-state index in [1.807, 2.05) is 0 Å². The second-order valence-corrected chi connectivity index (χ2v) is 6.49. The van der Waals surface area contributed by atoms with Crippen molar-refractivity contribution in [1.82, 2.24) is 5.32 Å². The quantitative estimate of drug-likeness (QED) is 0.754. The van der Waals surface area contributed by atoms with Crippen LogP contribution in [0.3, 0.4) is 0 Å². The van der Waals surface area contributed by atoms with E-state index in [0.717, 1.165) is 24.7 Å². The van der Waals surface area contributed by atoms with E-state index in [-0.39, 0.29) is 0 Å². The molecule has 2 heteroatoms. The van der Waals surface area contributed by atoms with Gasteiger partial charge < -0.3 is 10.1 Å². The van der Waals surface area contributed by atoms with Crippen molar-refractivity contribution in [2.75, 3.05) is 6.61 Å². The number of benzene rings is 1. The molecule has 118 valence electrons. The summed E-state index contributed by atoms with van der Waals surface area (Å²) in [6.07, 6.45) is 8.09. The average molecular weight is 289 g/mol. The van der Waals surface area contributed by atoms with Gasteiger partial charge in [0.15, 0.2) is 0 Å². The summed E-state index contributed by atoms with van der Waals surface area (Å²) in [5.41, 5.74) is 1.35. The summed E-state index contributed by atoms with van der Waals surface area (Å²) in [5.74, 6) is 1.83. The zero-order valence-electron chi connectivity index (χ0n) is 13.9. The van der Waals surface area contributed by atoms with Crippen LogP contribution in [-0.4, -0.2) is 12.6 Å². The third-order valence-electron chi connectivity index (χ3n) is 4.72. The number of rotatable bonds is 7. The van der Waals surface area contributed by atoms with Crippen LogP contribution in [0.4, 0.5) is 0 Å². The second-order valence-electron chi connectivity index (χ2n) is 6.49. The molecule has 0 radical (unpaired) electrons. The first-order valence-corrected chi connectivity index (χ1v) is 8.69. The zero-order chi connectivity index (χ0) is 15.1. The molecule has 0 aliphatic heterocycles. The summed E-state index contributed by atoms with van der Waals surface area (Å²) in [4.78, 5) is 0. The van der Waals surface area contributed by atoms with E-state index in [4.69, 9.17) is 4.74 Å². The Labute approximate surface area is 130 Å². The minimum absolute atomic E-state index is 0.405. The van der Waals surface area contributed by atoms with E-state index < -0.39 is 0 Å². The lowest BCUT2D eigenvalue weighted by atomic mass is 9.84. The molecule has 2 atom stereocenters. The van der Waals surface area contributed by atoms with Gasteiger partial charge in [0.2, 0.25) is 0 Å². The second kappa shape index (κ2) is 8.43. The third-order valence-corrected chi connectivity index (χ3v) is 4.72. The first kappa shape index (κ1) is 16.4. The molecule has 1 N–H and O–H groups in total. The Hall–Kier alpha value is -1.02. The Morgan fingerprint density at radius 3 is 2.38 bits per heavy atom. The van der Waals surface area contributed by atoms with Crippen molar-refractivity contribution in [1.29, 1.82) is 0 Å². The van der Waals surface area contributed by atoms with E-state index in [0.29, 0.717) is 12.1 Å². The van der Waals surface area contributed by atoms with E-state index in [1.165, 1.54) is 37.7 Å². The van der Waals surface area contributed by atoms with Gasteiger partial charge in [-0.2, -0.15) is 0 Å². The number of hydrogen-bond acceptors (Lipinski definition) is 2. The molecule has 1 aliphatic carbocycles. The van der Waals surface area contributed by atoms with Gasteiger partial charge in [-0.15, -0.1) is 0 Å². The smallest absolute Gasteiger partial charge is 0.119 e. The van der Waals surface area contributed by atoms with Gasteiger partial charge in [0.05, 0.1) is 6.61 Å². The van der Waals surface area contributed by atoms with Crippen LogP contribution in [0.2, 0.25) is 0 Å². The standard InChI is InChI=1S/C19H31NO/c1-4-14-21-19-12-10-18(11-13-19)16(3)20-15(2)17-8-6-5-7-9-17/h10-13,15-17,20H,4-9,14H2,1-3H3/t15-,16?/m1/s1. The van der Waals surface area contributed by atoms with Crippen molar-refractivity contribution < 1.29 is 4.74 Å². The molecule has 0 aromatic heterocycles. The molecule has 21 heavy (non-hydrogen) atoms. The summed E-state index contributed by atoms with van der Waals surface area (Å²) in [7, 11) is 0. The predicted molar refractivity (Wildman–Crippen MR) is 89.8 cm³/mol. The van der Waals surface area contributed by atoms with E-state index in [2.05, 4.69) is 50.4 Å². The number of hydrogen-bond donors (Lipinski definition) is 1. The molecule has 1 saturated carbocycles. The van der Waals surface area contributed by atoms with Crippen molar-refractivity contribution in [2.45, 2.75) is 71.4 Å². The molecule has 0 spiro atoms. The van der Waals surface area contributed by atoms with Crippen molar-refractivity contribution >= 4 is 0 Å². The average Bonchev–Trinajstić information content (AvgIpc) is 2.54. The van der Waals surface area contributed by atoms with Gasteiger partial charge in [-0.3, -0.25) is 0 Å². The summed E-state index contributed by atoms with van der Waals surface area (Å²) >= 11 is 0. The van der Waals surface area contributed by atoms with Crippen molar-refractivity contribution in [2.24, 2.45) is 5.92 Å². The maximum absolute atomic E-state index is 5.65. The van der Waals surface area contributed by atoms with Gasteiger partial charge in [-0.1, -0.05) is 38.3 Å². The Balaban J connectivity index is 1.85. The first-order valence-electron chi connectivity index (χ1n) is 8.69. The fourth-order valence-electron chi connectivity index (χ4n) is 3.33. The van der Waals surface area contributed by atoms with Gasteiger partial charge in [-0.25, -0.2) is 0 Å². The largest absolute Gasteiger partial charge is 0.494 e.